The van der Waals surface area contributed by atoms with Gasteiger partial charge in [-0.3, -0.25) is 18.6 Å². The largest absolute Gasteiger partial charge is 0.472 e. The molecule has 1 amide bonds. The van der Waals surface area contributed by atoms with Crippen LogP contribution in [0.3, 0.4) is 0 Å². The molecule has 3 unspecified atom stereocenters. The molecule has 0 saturated heterocycles. The van der Waals surface area contributed by atoms with E-state index in [1.165, 1.54) is 289 Å². The van der Waals surface area contributed by atoms with Crippen LogP contribution >= 0.6 is 7.82 Å². The zero-order valence-electron chi connectivity index (χ0n) is 58.3. The Morgan fingerprint density at radius 1 is 0.407 bits per heavy atom. The normalized spacial score (nSPS) is 13.6. The molecule has 0 fully saturated rings. The minimum Gasteiger partial charge on any atom is -0.456 e. The number of nitrogens with one attached hydrogen (secondary N) is 1. The standard InChI is InChI=1S/C76H147N2O7P/c1-7-10-13-16-19-22-25-28-30-32-34-36-38-39-41-43-45-47-49-51-54-57-60-63-66-69-76(80)85-74(67-64-61-58-55-52-27-24-21-18-15-12-9-3)73(72-84-86(81,82)83-71-70-78(4,5)6)77-75(79)68-65-62-59-56-53-50-48-46-44-42-40-37-35-33-31-29-26-23-20-17-14-11-8-2/h19,22,28,30,64,67,73-74H,7-18,20-21,23-27,29,31-63,65-66,68-72H2,1-6H3,(H-,77,79,81,82)/p+1/b22-19-,30-28-,67-64+. The molecule has 3 atom stereocenters. The molecule has 9 nitrogen and oxygen atoms in total. The molecule has 0 aliphatic rings. The third-order valence-corrected chi connectivity index (χ3v) is 18.3. The van der Waals surface area contributed by atoms with Crippen molar-refractivity contribution < 1.29 is 37.3 Å². The topological polar surface area (TPSA) is 111 Å². The van der Waals surface area contributed by atoms with E-state index in [0.717, 1.165) is 64.2 Å². The van der Waals surface area contributed by atoms with Crippen LogP contribution in [0.1, 0.15) is 387 Å². The number of hydrogen-bond acceptors (Lipinski definition) is 6. The highest BCUT2D eigenvalue weighted by molar-refractivity contribution is 7.47. The summed E-state index contributed by atoms with van der Waals surface area (Å²) in [5, 5.41) is 3.08. The number of phosphoric ester groups is 1. The minimum atomic E-state index is -4.45. The predicted molar refractivity (Wildman–Crippen MR) is 374 cm³/mol. The second kappa shape index (κ2) is 66.2. The number of amides is 1. The maximum absolute atomic E-state index is 13.6. The van der Waals surface area contributed by atoms with Crippen molar-refractivity contribution in [1.82, 2.24) is 5.32 Å². The Labute approximate surface area is 536 Å². The van der Waals surface area contributed by atoms with Crippen LogP contribution in [-0.4, -0.2) is 74.3 Å². The lowest BCUT2D eigenvalue weighted by atomic mass is 10.0. The van der Waals surface area contributed by atoms with Gasteiger partial charge in [-0.2, -0.15) is 0 Å². The van der Waals surface area contributed by atoms with E-state index in [0.29, 0.717) is 23.9 Å². The predicted octanol–water partition coefficient (Wildman–Crippen LogP) is 24.2. The second-order valence-electron chi connectivity index (χ2n) is 27.2. The molecule has 0 aliphatic carbocycles. The van der Waals surface area contributed by atoms with Crippen LogP contribution < -0.4 is 5.32 Å². The molecule has 0 rings (SSSR count). The van der Waals surface area contributed by atoms with E-state index in [1.807, 2.05) is 27.2 Å². The average Bonchev–Trinajstić information content (AvgIpc) is 3.65. The highest BCUT2D eigenvalue weighted by atomic mass is 31.2. The molecule has 508 valence electrons. The summed E-state index contributed by atoms with van der Waals surface area (Å²) in [5.41, 5.74) is 0. The molecule has 0 aromatic rings. The number of hydrogen-bond donors (Lipinski definition) is 2. The molecule has 0 aromatic carbocycles. The fraction of sp³-hybridized carbons (Fsp3) is 0.895. The summed E-state index contributed by atoms with van der Waals surface area (Å²) in [6.45, 7) is 7.06. The SMILES string of the molecule is CCCCC/C=C\C/C=C\CCCCCCCCCCCCCCCCCC(=O)OC(/C=C/CCCCCCCCCCCC)C(COP(=O)(O)OCC[N+](C)(C)C)NC(=O)CCCCCCCCCCCCCCCCCCCCCCCCC. The summed E-state index contributed by atoms with van der Waals surface area (Å²) in [7, 11) is 1.52. The molecule has 0 heterocycles. The van der Waals surface area contributed by atoms with Crippen molar-refractivity contribution in [3.63, 3.8) is 0 Å². The van der Waals surface area contributed by atoms with Gasteiger partial charge in [0.1, 0.15) is 19.3 Å². The Kier molecular flexibility index (Phi) is 64.8. The van der Waals surface area contributed by atoms with E-state index >= 15 is 0 Å². The first kappa shape index (κ1) is 84.2. The fourth-order valence-corrected chi connectivity index (χ4v) is 12.2. The molecule has 10 heteroatoms. The van der Waals surface area contributed by atoms with Crippen molar-refractivity contribution in [3.05, 3.63) is 36.5 Å². The summed E-state index contributed by atoms with van der Waals surface area (Å²) in [4.78, 5) is 38.0. The lowest BCUT2D eigenvalue weighted by Crippen LogP contribution is -2.47. The van der Waals surface area contributed by atoms with Crippen LogP contribution in [0.25, 0.3) is 0 Å². The van der Waals surface area contributed by atoms with E-state index in [1.54, 1.807) is 0 Å². The van der Waals surface area contributed by atoms with E-state index in [2.05, 4.69) is 56.5 Å². The highest BCUT2D eigenvalue weighted by Gasteiger charge is 2.30. The summed E-state index contributed by atoms with van der Waals surface area (Å²) in [6.07, 6.45) is 83.1. The molecule has 2 N–H and O–H groups in total. The molecule has 0 aliphatic heterocycles. The molecule has 86 heavy (non-hydrogen) atoms. The minimum absolute atomic E-state index is 0.0439. The monoisotopic (exact) mass is 1230 g/mol. The van der Waals surface area contributed by atoms with E-state index < -0.39 is 20.0 Å². The third-order valence-electron chi connectivity index (χ3n) is 17.3. The quantitative estimate of drug-likeness (QED) is 0.0205. The summed E-state index contributed by atoms with van der Waals surface area (Å²) in [6, 6.07) is -0.845. The van der Waals surface area contributed by atoms with Crippen molar-refractivity contribution in [2.24, 2.45) is 0 Å². The second-order valence-corrected chi connectivity index (χ2v) is 28.6. The van der Waals surface area contributed by atoms with Gasteiger partial charge in [0.25, 0.3) is 0 Å². The van der Waals surface area contributed by atoms with Gasteiger partial charge in [-0.1, -0.05) is 347 Å². The molecule has 0 saturated carbocycles. The van der Waals surface area contributed by atoms with Gasteiger partial charge >= 0.3 is 13.8 Å². The van der Waals surface area contributed by atoms with Gasteiger partial charge in [0.2, 0.25) is 5.91 Å². The first-order valence-electron chi connectivity index (χ1n) is 37.8. The number of phosphoric acid groups is 1. The Morgan fingerprint density at radius 2 is 0.709 bits per heavy atom. The van der Waals surface area contributed by atoms with Gasteiger partial charge < -0.3 is 19.4 Å². The summed E-state index contributed by atoms with van der Waals surface area (Å²) in [5.74, 6) is -0.481. The van der Waals surface area contributed by atoms with E-state index in [4.69, 9.17) is 13.8 Å². The number of esters is 1. The van der Waals surface area contributed by atoms with Crippen molar-refractivity contribution in [2.75, 3.05) is 40.9 Å². The molecule has 0 spiro atoms. The molecular formula is C76H148N2O7P+. The van der Waals surface area contributed by atoms with Crippen LogP contribution in [0, 0.1) is 0 Å². The van der Waals surface area contributed by atoms with Crippen molar-refractivity contribution in [3.8, 4) is 0 Å². The highest BCUT2D eigenvalue weighted by Crippen LogP contribution is 2.43. The van der Waals surface area contributed by atoms with Crippen molar-refractivity contribution >= 4 is 19.7 Å². The van der Waals surface area contributed by atoms with E-state index in [9.17, 15) is 19.0 Å². The Balaban J connectivity index is 4.96. The van der Waals surface area contributed by atoms with Gasteiger partial charge in [0, 0.05) is 12.8 Å². The maximum atomic E-state index is 13.6. The number of carbonyl (C=O) groups is 2. The fourth-order valence-electron chi connectivity index (χ4n) is 11.5. The van der Waals surface area contributed by atoms with Crippen molar-refractivity contribution in [2.45, 2.75) is 399 Å². The first-order chi connectivity index (χ1) is 41.9. The molecule has 0 radical (unpaired) electrons. The maximum Gasteiger partial charge on any atom is 0.472 e. The van der Waals surface area contributed by atoms with Gasteiger partial charge in [-0.25, -0.2) is 4.57 Å². The van der Waals surface area contributed by atoms with Gasteiger partial charge in [0.15, 0.2) is 0 Å². The number of nitrogens with zero attached hydrogens (tertiary/aromatic N) is 1. The Morgan fingerprint density at radius 3 is 1.07 bits per heavy atom. The zero-order valence-corrected chi connectivity index (χ0v) is 59.2. The van der Waals surface area contributed by atoms with Crippen LogP contribution in [-0.2, 0) is 27.9 Å². The van der Waals surface area contributed by atoms with Gasteiger partial charge in [0.05, 0.1) is 33.8 Å². The lowest BCUT2D eigenvalue weighted by Gasteiger charge is -2.27. The summed E-state index contributed by atoms with van der Waals surface area (Å²) < 4.78 is 30.9. The first-order valence-corrected chi connectivity index (χ1v) is 39.3. The van der Waals surface area contributed by atoms with Crippen LogP contribution in [0.2, 0.25) is 0 Å². The van der Waals surface area contributed by atoms with Crippen LogP contribution in [0.5, 0.6) is 0 Å². The number of carbonyl (C=O) groups excluding carboxylic acids is 2. The van der Waals surface area contributed by atoms with Gasteiger partial charge in [-0.15, -0.1) is 0 Å². The average molecular weight is 1230 g/mol. The Bertz CT molecular complexity index is 1560. The van der Waals surface area contributed by atoms with Crippen LogP contribution in [0.15, 0.2) is 36.5 Å². The number of allylic oxidation sites excluding steroid dienone is 5. The smallest absolute Gasteiger partial charge is 0.456 e. The number of rotatable bonds is 70. The molecule has 0 bridgehead atoms. The summed E-state index contributed by atoms with van der Waals surface area (Å²) >= 11 is 0. The molecular weight excluding hydrogens is 1080 g/mol. The third kappa shape index (κ3) is 66.6. The zero-order chi connectivity index (χ0) is 62.8. The van der Waals surface area contributed by atoms with Gasteiger partial charge in [-0.05, 0) is 63.9 Å². The van der Waals surface area contributed by atoms with Crippen molar-refractivity contribution in [1.29, 1.82) is 0 Å². The van der Waals surface area contributed by atoms with E-state index in [-0.39, 0.29) is 25.1 Å². The number of ether oxygens (including phenoxy) is 1. The lowest BCUT2D eigenvalue weighted by molar-refractivity contribution is -0.870. The number of quaternary nitrogens is 1. The number of unbranched alkanes of at least 4 members (excludes halogenated alkanes) is 50. The number of likely N-dealkylation sites (N-methyl/N-ethyl adjacent to an activating group) is 1. The molecule has 0 aromatic heterocycles. The van der Waals surface area contributed by atoms with Crippen LogP contribution in [0.4, 0.5) is 0 Å². The Hall–Kier alpha value is -1.77.